The zero-order chi connectivity index (χ0) is 12.1. The largest absolute Gasteiger partial charge is 0.392 e. The van der Waals surface area contributed by atoms with Crippen LogP contribution in [-0.2, 0) is 11.4 Å². The predicted molar refractivity (Wildman–Crippen MR) is 71.2 cm³/mol. The van der Waals surface area contributed by atoms with Crippen molar-refractivity contribution in [2.45, 2.75) is 36.8 Å². The maximum absolute atomic E-state index is 9.68. The van der Waals surface area contributed by atoms with Crippen LogP contribution in [0.2, 0.25) is 0 Å². The van der Waals surface area contributed by atoms with Gasteiger partial charge in [-0.1, -0.05) is 51.4 Å². The highest BCUT2D eigenvalue weighted by Gasteiger charge is 2.26. The quantitative estimate of drug-likeness (QED) is 0.688. The molecule has 1 aromatic carbocycles. The number of benzene rings is 1. The molecule has 0 amide bonds. The SMILES string of the molecule is O[C@H]1CCC/C(=N\OCc2ccccc2)[C@@H]1Br. The van der Waals surface area contributed by atoms with Gasteiger partial charge in [0.15, 0.2) is 0 Å². The van der Waals surface area contributed by atoms with Crippen molar-refractivity contribution < 1.29 is 9.94 Å². The standard InChI is InChI=1S/C13H16BrNO2/c14-13-11(7-4-8-12(13)16)15-17-9-10-5-2-1-3-6-10/h1-3,5-6,12-13,16H,4,7-9H2/b15-11+/t12-,13-/m0/s1. The summed E-state index contributed by atoms with van der Waals surface area (Å²) in [6.07, 6.45) is 2.34. The number of aliphatic hydroxyl groups is 1. The van der Waals surface area contributed by atoms with Crippen LogP contribution in [0.5, 0.6) is 0 Å². The third-order valence-corrected chi connectivity index (χ3v) is 3.98. The molecule has 0 radical (unpaired) electrons. The Bertz CT molecular complexity index is 380. The Morgan fingerprint density at radius 3 is 2.88 bits per heavy atom. The lowest BCUT2D eigenvalue weighted by molar-refractivity contribution is 0.123. The number of hydrogen-bond donors (Lipinski definition) is 1. The molecule has 0 aliphatic heterocycles. The van der Waals surface area contributed by atoms with Crippen LogP contribution < -0.4 is 0 Å². The summed E-state index contributed by atoms with van der Waals surface area (Å²) in [5, 5.41) is 13.8. The van der Waals surface area contributed by atoms with Crippen molar-refractivity contribution in [1.29, 1.82) is 0 Å². The van der Waals surface area contributed by atoms with Gasteiger partial charge in [0.1, 0.15) is 6.61 Å². The first-order chi connectivity index (χ1) is 8.27. The van der Waals surface area contributed by atoms with Crippen LogP contribution in [0.4, 0.5) is 0 Å². The summed E-state index contributed by atoms with van der Waals surface area (Å²) in [4.78, 5) is 5.26. The molecule has 0 aromatic heterocycles. The topological polar surface area (TPSA) is 41.8 Å². The van der Waals surface area contributed by atoms with Crippen molar-refractivity contribution in [3.8, 4) is 0 Å². The van der Waals surface area contributed by atoms with Crippen LogP contribution in [0.15, 0.2) is 35.5 Å². The Hall–Kier alpha value is -0.870. The molecule has 0 saturated heterocycles. The zero-order valence-electron chi connectivity index (χ0n) is 9.55. The van der Waals surface area contributed by atoms with Gasteiger partial charge < -0.3 is 9.94 Å². The Balaban J connectivity index is 1.88. The first-order valence-electron chi connectivity index (χ1n) is 5.82. The molecule has 0 spiro atoms. The highest BCUT2D eigenvalue weighted by molar-refractivity contribution is 9.10. The molecule has 1 aromatic rings. The van der Waals surface area contributed by atoms with E-state index in [4.69, 9.17) is 4.84 Å². The average molecular weight is 298 g/mol. The van der Waals surface area contributed by atoms with E-state index in [-0.39, 0.29) is 10.9 Å². The van der Waals surface area contributed by atoms with E-state index in [2.05, 4.69) is 21.1 Å². The summed E-state index contributed by atoms with van der Waals surface area (Å²) in [7, 11) is 0. The van der Waals surface area contributed by atoms with Crippen LogP contribution in [0.3, 0.4) is 0 Å². The normalized spacial score (nSPS) is 27.1. The summed E-state index contributed by atoms with van der Waals surface area (Å²) >= 11 is 3.45. The van der Waals surface area contributed by atoms with E-state index in [9.17, 15) is 5.11 Å². The van der Waals surface area contributed by atoms with Crippen LogP contribution in [0, 0.1) is 0 Å². The molecule has 0 bridgehead atoms. The Morgan fingerprint density at radius 2 is 2.12 bits per heavy atom. The van der Waals surface area contributed by atoms with Gasteiger partial charge >= 0.3 is 0 Å². The van der Waals surface area contributed by atoms with Crippen molar-refractivity contribution in [1.82, 2.24) is 0 Å². The van der Waals surface area contributed by atoms with Crippen molar-refractivity contribution >= 4 is 21.6 Å². The van der Waals surface area contributed by atoms with E-state index in [1.165, 1.54) is 0 Å². The van der Waals surface area contributed by atoms with Crippen LogP contribution in [0.1, 0.15) is 24.8 Å². The molecule has 0 heterocycles. The van der Waals surface area contributed by atoms with E-state index < -0.39 is 0 Å². The Labute approximate surface area is 110 Å². The second-order valence-electron chi connectivity index (χ2n) is 4.20. The molecule has 1 fully saturated rings. The number of aliphatic hydroxyl groups excluding tert-OH is 1. The highest BCUT2D eigenvalue weighted by atomic mass is 79.9. The molecular weight excluding hydrogens is 282 g/mol. The van der Waals surface area contributed by atoms with Gasteiger partial charge in [0.2, 0.25) is 0 Å². The van der Waals surface area contributed by atoms with Crippen molar-refractivity contribution in [2.75, 3.05) is 0 Å². The average Bonchev–Trinajstić information content (AvgIpc) is 2.36. The zero-order valence-corrected chi connectivity index (χ0v) is 11.1. The fourth-order valence-corrected chi connectivity index (χ4v) is 2.44. The van der Waals surface area contributed by atoms with Gasteiger partial charge in [-0.25, -0.2) is 0 Å². The fourth-order valence-electron chi connectivity index (χ4n) is 1.86. The van der Waals surface area contributed by atoms with Crippen LogP contribution in [-0.4, -0.2) is 21.7 Å². The molecule has 2 atom stereocenters. The summed E-state index contributed by atoms with van der Waals surface area (Å²) in [6.45, 7) is 0.472. The maximum atomic E-state index is 9.68. The first-order valence-corrected chi connectivity index (χ1v) is 6.73. The second-order valence-corrected chi connectivity index (χ2v) is 5.19. The van der Waals surface area contributed by atoms with Gasteiger partial charge in [-0.15, -0.1) is 0 Å². The minimum atomic E-state index is -0.345. The molecule has 92 valence electrons. The summed E-state index contributed by atoms with van der Waals surface area (Å²) < 4.78 is 0. The molecule has 2 rings (SSSR count). The van der Waals surface area contributed by atoms with Gasteiger partial charge in [-0.05, 0) is 24.8 Å². The number of nitrogens with zero attached hydrogens (tertiary/aromatic N) is 1. The lowest BCUT2D eigenvalue weighted by Crippen LogP contribution is -2.33. The van der Waals surface area contributed by atoms with Crippen molar-refractivity contribution in [2.24, 2.45) is 5.16 Å². The number of rotatable bonds is 3. The highest BCUT2D eigenvalue weighted by Crippen LogP contribution is 2.23. The molecule has 1 aliphatic carbocycles. The van der Waals surface area contributed by atoms with E-state index in [1.54, 1.807) is 0 Å². The minimum Gasteiger partial charge on any atom is -0.392 e. The van der Waals surface area contributed by atoms with Gasteiger partial charge in [-0.3, -0.25) is 0 Å². The van der Waals surface area contributed by atoms with Crippen molar-refractivity contribution in [3.63, 3.8) is 0 Å². The smallest absolute Gasteiger partial charge is 0.142 e. The van der Waals surface area contributed by atoms with Crippen LogP contribution in [0.25, 0.3) is 0 Å². The third-order valence-electron chi connectivity index (χ3n) is 2.84. The van der Waals surface area contributed by atoms with Gasteiger partial charge in [0.25, 0.3) is 0 Å². The number of oxime groups is 1. The molecule has 1 N–H and O–H groups in total. The minimum absolute atomic E-state index is 0.0629. The summed E-state index contributed by atoms with van der Waals surface area (Å²) in [5.74, 6) is 0. The van der Waals surface area contributed by atoms with E-state index in [0.29, 0.717) is 6.61 Å². The van der Waals surface area contributed by atoms with Gasteiger partial charge in [-0.2, -0.15) is 0 Å². The molecule has 0 unspecified atom stereocenters. The maximum Gasteiger partial charge on any atom is 0.142 e. The number of halogens is 1. The lowest BCUT2D eigenvalue weighted by Gasteiger charge is -2.23. The third kappa shape index (κ3) is 3.54. The first kappa shape index (κ1) is 12.6. The summed E-state index contributed by atoms with van der Waals surface area (Å²) in [6, 6.07) is 9.93. The fraction of sp³-hybridized carbons (Fsp3) is 0.462. The predicted octanol–water partition coefficient (Wildman–Crippen LogP) is 2.87. The number of alkyl halides is 1. The Morgan fingerprint density at radius 1 is 1.35 bits per heavy atom. The van der Waals surface area contributed by atoms with Gasteiger partial charge in [0, 0.05) is 0 Å². The molecule has 1 aliphatic rings. The van der Waals surface area contributed by atoms with Gasteiger partial charge in [0.05, 0.1) is 16.6 Å². The summed E-state index contributed by atoms with van der Waals surface area (Å²) in [5.41, 5.74) is 2.00. The van der Waals surface area contributed by atoms with Crippen molar-refractivity contribution in [3.05, 3.63) is 35.9 Å². The van der Waals surface area contributed by atoms with E-state index in [0.717, 1.165) is 30.5 Å². The lowest BCUT2D eigenvalue weighted by atomic mass is 9.96. The second kappa shape index (κ2) is 6.17. The Kier molecular flexibility index (Phi) is 4.57. The molecule has 4 heteroatoms. The van der Waals surface area contributed by atoms with Crippen LogP contribution >= 0.6 is 15.9 Å². The number of hydrogen-bond acceptors (Lipinski definition) is 3. The molecule has 1 saturated carbocycles. The molecule has 3 nitrogen and oxygen atoms in total. The molecule has 17 heavy (non-hydrogen) atoms. The van der Waals surface area contributed by atoms with E-state index >= 15 is 0 Å². The monoisotopic (exact) mass is 297 g/mol. The molecular formula is C13H16BrNO2. The van der Waals surface area contributed by atoms with E-state index in [1.807, 2.05) is 30.3 Å².